The maximum Gasteiger partial charge on any atom is 0.231 e. The molecular weight excluding hydrogens is 298 g/mol. The zero-order valence-electron chi connectivity index (χ0n) is 13.0. The first-order valence-electron chi connectivity index (χ1n) is 7.52. The molecule has 6 nitrogen and oxygen atoms in total. The van der Waals surface area contributed by atoms with Gasteiger partial charge in [-0.05, 0) is 38.8 Å². The maximum absolute atomic E-state index is 12.5. The van der Waals surface area contributed by atoms with Crippen LogP contribution in [0.1, 0.15) is 26.7 Å². The van der Waals surface area contributed by atoms with Gasteiger partial charge in [0.2, 0.25) is 12.7 Å². The van der Waals surface area contributed by atoms with Gasteiger partial charge in [-0.2, -0.15) is 0 Å². The minimum atomic E-state index is -1.18. The number of carbonyl (C=O) groups is 2. The van der Waals surface area contributed by atoms with Crippen molar-refractivity contribution in [2.75, 3.05) is 12.1 Å². The van der Waals surface area contributed by atoms with Gasteiger partial charge >= 0.3 is 0 Å². The molecule has 2 aliphatic rings. The van der Waals surface area contributed by atoms with Crippen molar-refractivity contribution in [3.8, 4) is 11.5 Å². The molecule has 0 aromatic heterocycles. The molecule has 0 fully saturated rings. The van der Waals surface area contributed by atoms with E-state index in [1.165, 1.54) is 0 Å². The first-order valence-corrected chi connectivity index (χ1v) is 7.52. The number of ether oxygens (including phenoxy) is 2. The number of allylic oxidation sites excluding steroid dienone is 2. The molecule has 1 N–H and O–H groups in total. The van der Waals surface area contributed by atoms with Crippen molar-refractivity contribution in [1.29, 1.82) is 0 Å². The quantitative estimate of drug-likeness (QED) is 0.853. The van der Waals surface area contributed by atoms with Gasteiger partial charge < -0.3 is 24.7 Å². The van der Waals surface area contributed by atoms with E-state index in [-0.39, 0.29) is 12.7 Å². The molecule has 1 aliphatic heterocycles. The third-order valence-corrected chi connectivity index (χ3v) is 4.55. The Morgan fingerprint density at radius 1 is 1.09 bits per heavy atom. The number of hydrogen-bond donors (Lipinski definition) is 1. The van der Waals surface area contributed by atoms with Crippen molar-refractivity contribution in [3.05, 3.63) is 29.3 Å². The molecule has 6 heteroatoms. The topological polar surface area (TPSA) is 87.7 Å². The second-order valence-corrected chi connectivity index (χ2v) is 6.06. The molecular formula is C17H18NO5-. The van der Waals surface area contributed by atoms with Crippen LogP contribution in [0.5, 0.6) is 11.5 Å². The summed E-state index contributed by atoms with van der Waals surface area (Å²) in [6.45, 7) is 3.99. The summed E-state index contributed by atoms with van der Waals surface area (Å²) in [5.41, 5.74) is 2.64. The van der Waals surface area contributed by atoms with Crippen LogP contribution in [0.2, 0.25) is 0 Å². The number of carboxylic acid groups (broad SMARTS) is 1. The number of carboxylic acids is 1. The molecule has 0 saturated carbocycles. The number of amides is 1. The van der Waals surface area contributed by atoms with E-state index in [1.54, 1.807) is 18.2 Å². The third kappa shape index (κ3) is 3.02. The molecule has 1 amide bonds. The summed E-state index contributed by atoms with van der Waals surface area (Å²) >= 11 is 0. The van der Waals surface area contributed by atoms with Crippen LogP contribution in [0.4, 0.5) is 5.69 Å². The summed E-state index contributed by atoms with van der Waals surface area (Å²) in [7, 11) is 0. The van der Waals surface area contributed by atoms with E-state index in [9.17, 15) is 14.7 Å². The smallest absolute Gasteiger partial charge is 0.231 e. The van der Waals surface area contributed by atoms with Crippen LogP contribution in [0.25, 0.3) is 0 Å². The van der Waals surface area contributed by atoms with Crippen LogP contribution in [0.15, 0.2) is 29.3 Å². The average Bonchev–Trinajstić information content (AvgIpc) is 2.96. The minimum absolute atomic E-state index is 0.158. The molecule has 1 aliphatic carbocycles. The van der Waals surface area contributed by atoms with E-state index >= 15 is 0 Å². The Morgan fingerprint density at radius 3 is 2.43 bits per heavy atom. The Morgan fingerprint density at radius 2 is 1.74 bits per heavy atom. The molecule has 0 radical (unpaired) electrons. The minimum Gasteiger partial charge on any atom is -0.550 e. The molecule has 0 saturated heterocycles. The fraction of sp³-hybridized carbons (Fsp3) is 0.412. The number of fused-ring (bicyclic) bond motifs is 1. The zero-order chi connectivity index (χ0) is 16.6. The Kier molecular flexibility index (Phi) is 3.98. The summed E-state index contributed by atoms with van der Waals surface area (Å²) in [5, 5.41) is 14.2. The number of carbonyl (C=O) groups excluding carboxylic acids is 2. The summed E-state index contributed by atoms with van der Waals surface area (Å²) in [5.74, 6) is -1.73. The Balaban J connectivity index is 1.77. The van der Waals surface area contributed by atoms with Gasteiger partial charge in [0.15, 0.2) is 11.5 Å². The van der Waals surface area contributed by atoms with Gasteiger partial charge in [-0.3, -0.25) is 4.79 Å². The van der Waals surface area contributed by atoms with Crippen molar-refractivity contribution >= 4 is 17.6 Å². The van der Waals surface area contributed by atoms with Crippen molar-refractivity contribution in [1.82, 2.24) is 0 Å². The van der Waals surface area contributed by atoms with Crippen molar-refractivity contribution in [2.24, 2.45) is 11.8 Å². The summed E-state index contributed by atoms with van der Waals surface area (Å²) < 4.78 is 10.5. The monoisotopic (exact) mass is 316 g/mol. The Hall–Kier alpha value is -2.50. The molecule has 0 spiro atoms. The molecule has 23 heavy (non-hydrogen) atoms. The SMILES string of the molecule is CC1=C(C)C[C@@H](C(=O)Nc2ccc3c(c2)OCO3)[C@H](C(=O)[O-])C1. The number of rotatable bonds is 3. The molecule has 2 atom stereocenters. The third-order valence-electron chi connectivity index (χ3n) is 4.55. The molecule has 1 aromatic rings. The van der Waals surface area contributed by atoms with E-state index in [0.29, 0.717) is 30.0 Å². The van der Waals surface area contributed by atoms with Crippen molar-refractivity contribution in [3.63, 3.8) is 0 Å². The molecule has 0 unspecified atom stereocenters. The average molecular weight is 316 g/mol. The number of benzene rings is 1. The maximum atomic E-state index is 12.5. The predicted molar refractivity (Wildman–Crippen MR) is 80.8 cm³/mol. The fourth-order valence-electron chi connectivity index (χ4n) is 3.02. The standard InChI is InChI=1S/C17H19NO5/c1-9-5-12(13(17(20)21)6-10(9)2)16(19)18-11-3-4-14-15(7-11)23-8-22-14/h3-4,7,12-13H,5-6,8H2,1-2H3,(H,18,19)(H,20,21)/p-1/t12-,13-/m1/s1. The second-order valence-electron chi connectivity index (χ2n) is 6.06. The number of nitrogens with one attached hydrogen (secondary N) is 1. The second kappa shape index (κ2) is 5.95. The lowest BCUT2D eigenvalue weighted by Crippen LogP contribution is -2.42. The molecule has 1 heterocycles. The predicted octanol–water partition coefficient (Wildman–Crippen LogP) is 1.47. The van der Waals surface area contributed by atoms with Gasteiger partial charge in [0.25, 0.3) is 0 Å². The lowest BCUT2D eigenvalue weighted by Gasteiger charge is -2.32. The van der Waals surface area contributed by atoms with E-state index in [0.717, 1.165) is 11.1 Å². The van der Waals surface area contributed by atoms with Gasteiger partial charge in [-0.15, -0.1) is 0 Å². The summed E-state index contributed by atoms with van der Waals surface area (Å²) in [6, 6.07) is 5.09. The van der Waals surface area contributed by atoms with E-state index in [4.69, 9.17) is 9.47 Å². The van der Waals surface area contributed by atoms with Crippen LogP contribution >= 0.6 is 0 Å². The highest BCUT2D eigenvalue weighted by Gasteiger charge is 2.33. The highest BCUT2D eigenvalue weighted by Crippen LogP contribution is 2.36. The van der Waals surface area contributed by atoms with Crippen molar-refractivity contribution < 1.29 is 24.2 Å². The van der Waals surface area contributed by atoms with Gasteiger partial charge in [0.1, 0.15) is 0 Å². The molecule has 3 rings (SSSR count). The van der Waals surface area contributed by atoms with Crippen LogP contribution in [-0.2, 0) is 9.59 Å². The molecule has 1 aromatic carbocycles. The number of anilines is 1. The zero-order valence-corrected chi connectivity index (χ0v) is 13.0. The molecule has 122 valence electrons. The largest absolute Gasteiger partial charge is 0.550 e. The normalized spacial score (nSPS) is 22.9. The first kappa shape index (κ1) is 15.4. The van der Waals surface area contributed by atoms with Gasteiger partial charge in [0.05, 0.1) is 5.92 Å². The Labute approximate surface area is 134 Å². The van der Waals surface area contributed by atoms with Gasteiger partial charge in [-0.1, -0.05) is 11.1 Å². The molecule has 0 bridgehead atoms. The van der Waals surface area contributed by atoms with Gasteiger partial charge in [0, 0.05) is 23.6 Å². The first-order chi connectivity index (χ1) is 11.0. The highest BCUT2D eigenvalue weighted by atomic mass is 16.7. The van der Waals surface area contributed by atoms with Gasteiger partial charge in [-0.25, -0.2) is 0 Å². The van der Waals surface area contributed by atoms with Crippen molar-refractivity contribution in [2.45, 2.75) is 26.7 Å². The van der Waals surface area contributed by atoms with Crippen LogP contribution < -0.4 is 19.9 Å². The van der Waals surface area contributed by atoms with E-state index in [2.05, 4.69) is 5.32 Å². The number of hydrogen-bond acceptors (Lipinski definition) is 5. The Bertz CT molecular complexity index is 694. The lowest BCUT2D eigenvalue weighted by atomic mass is 9.76. The van der Waals surface area contributed by atoms with E-state index < -0.39 is 17.8 Å². The van der Waals surface area contributed by atoms with E-state index in [1.807, 2.05) is 13.8 Å². The number of aliphatic carboxylic acids is 1. The summed E-state index contributed by atoms with van der Waals surface area (Å²) in [4.78, 5) is 23.9. The summed E-state index contributed by atoms with van der Waals surface area (Å²) in [6.07, 6.45) is 0.786. The van der Waals surface area contributed by atoms with Crippen LogP contribution in [-0.4, -0.2) is 18.7 Å². The lowest BCUT2D eigenvalue weighted by molar-refractivity contribution is -0.313. The van der Waals surface area contributed by atoms with Crippen LogP contribution in [0.3, 0.4) is 0 Å². The van der Waals surface area contributed by atoms with Crippen LogP contribution in [0, 0.1) is 11.8 Å². The fourth-order valence-corrected chi connectivity index (χ4v) is 3.02. The highest BCUT2D eigenvalue weighted by molar-refractivity contribution is 5.95.